The van der Waals surface area contributed by atoms with E-state index in [1.807, 2.05) is 6.92 Å². The Morgan fingerprint density at radius 3 is 2.35 bits per heavy atom. The number of carbonyl (C=O) groups is 2. The van der Waals surface area contributed by atoms with Gasteiger partial charge >= 0.3 is 18.0 Å². The summed E-state index contributed by atoms with van der Waals surface area (Å²) in [6.07, 6.45) is 4.00. The minimum Gasteiger partial charge on any atom is -0.444 e. The predicted octanol–water partition coefficient (Wildman–Crippen LogP) is 5.27. The fourth-order valence-corrected chi connectivity index (χ4v) is 6.03. The molecular weight excluding hydrogens is 636 g/mol. The lowest BCUT2D eigenvalue weighted by atomic mass is 9.94. The number of alkyl halides is 2. The van der Waals surface area contributed by atoms with Gasteiger partial charge in [0.05, 0.1) is 11.6 Å². The summed E-state index contributed by atoms with van der Waals surface area (Å²) in [5.41, 5.74) is -0.380. The van der Waals surface area contributed by atoms with Crippen LogP contribution in [0.15, 0.2) is 35.1 Å². The first-order valence-corrected chi connectivity index (χ1v) is 15.9. The molecular formula is C32H40F4N8O4. The van der Waals surface area contributed by atoms with E-state index in [2.05, 4.69) is 25.4 Å². The second kappa shape index (κ2) is 13.9. The Morgan fingerprint density at radius 1 is 1.06 bits per heavy atom. The molecule has 1 unspecified atom stereocenters. The number of halogens is 4. The smallest absolute Gasteiger partial charge is 0.407 e. The largest absolute Gasteiger partial charge is 0.444 e. The van der Waals surface area contributed by atoms with Crippen molar-refractivity contribution in [3.05, 3.63) is 59.2 Å². The zero-order valence-electron chi connectivity index (χ0n) is 27.6. The molecule has 0 saturated carbocycles. The van der Waals surface area contributed by atoms with Crippen LogP contribution in [-0.4, -0.2) is 87.4 Å². The SMILES string of the molecule is CCCN(C(=O)c1cnc(N2CC(c3cc(F)ccc3F)[C@@H](NC(=O)OC(C)(C)C)C2)nc1)C1CCN(c2nc(C(C)(F)F)no2)CC1. The zero-order valence-corrected chi connectivity index (χ0v) is 27.6. The van der Waals surface area contributed by atoms with Gasteiger partial charge in [-0.25, -0.2) is 23.5 Å². The molecule has 2 aliphatic rings. The molecule has 1 N–H and O–H groups in total. The number of hydrogen-bond donors (Lipinski definition) is 1. The van der Waals surface area contributed by atoms with E-state index in [9.17, 15) is 27.2 Å². The van der Waals surface area contributed by atoms with E-state index < -0.39 is 47.0 Å². The summed E-state index contributed by atoms with van der Waals surface area (Å²) in [4.78, 5) is 44.3. The molecule has 2 fully saturated rings. The molecule has 2 aliphatic heterocycles. The first-order valence-electron chi connectivity index (χ1n) is 15.9. The molecule has 0 aliphatic carbocycles. The van der Waals surface area contributed by atoms with Crippen LogP contribution in [0.5, 0.6) is 0 Å². The Hall–Kier alpha value is -4.50. The summed E-state index contributed by atoms with van der Waals surface area (Å²) in [7, 11) is 0. The van der Waals surface area contributed by atoms with Crippen LogP contribution in [0.3, 0.4) is 0 Å². The van der Waals surface area contributed by atoms with Crippen molar-refractivity contribution in [2.45, 2.75) is 83.4 Å². The average Bonchev–Trinajstić information content (AvgIpc) is 3.69. The summed E-state index contributed by atoms with van der Waals surface area (Å²) in [6, 6.07) is 2.45. The van der Waals surface area contributed by atoms with Crippen molar-refractivity contribution < 1.29 is 36.4 Å². The molecule has 4 heterocycles. The predicted molar refractivity (Wildman–Crippen MR) is 167 cm³/mol. The van der Waals surface area contributed by atoms with Crippen LogP contribution in [0.4, 0.5) is 34.3 Å². The third kappa shape index (κ3) is 8.13. The van der Waals surface area contributed by atoms with Gasteiger partial charge in [0.25, 0.3) is 5.91 Å². The van der Waals surface area contributed by atoms with Crippen LogP contribution in [0.2, 0.25) is 0 Å². The summed E-state index contributed by atoms with van der Waals surface area (Å²) >= 11 is 0. The van der Waals surface area contributed by atoms with E-state index in [4.69, 9.17) is 9.26 Å². The number of ether oxygens (including phenoxy) is 1. The molecule has 48 heavy (non-hydrogen) atoms. The number of piperidine rings is 1. The standard InChI is InChI=1S/C32H40F4N8O4/c1-6-11-44(21-9-12-42(13-10-21)29-40-27(41-48-29)32(5,35)36)26(45)19-15-37-28(38-16-19)43-17-23(22-14-20(33)7-8-24(22)34)25(18-43)39-30(46)47-31(2,3)4/h7-8,14-16,21,23,25H,6,9-13,17-18H2,1-5H3,(H,39,46)/t23?,25-/m0/s1. The highest BCUT2D eigenvalue weighted by atomic mass is 19.3. The average molecular weight is 677 g/mol. The van der Waals surface area contributed by atoms with Crippen molar-refractivity contribution in [3.8, 4) is 0 Å². The van der Waals surface area contributed by atoms with Crippen molar-refractivity contribution in [2.24, 2.45) is 0 Å². The number of nitrogens with one attached hydrogen (secondary N) is 1. The van der Waals surface area contributed by atoms with Crippen LogP contribution in [0, 0.1) is 11.6 Å². The molecule has 16 heteroatoms. The molecule has 0 radical (unpaired) electrons. The summed E-state index contributed by atoms with van der Waals surface area (Å²) in [5, 5.41) is 6.18. The van der Waals surface area contributed by atoms with Crippen LogP contribution in [0.25, 0.3) is 0 Å². The van der Waals surface area contributed by atoms with E-state index in [1.54, 1.807) is 35.5 Å². The van der Waals surface area contributed by atoms with Gasteiger partial charge in [0.1, 0.15) is 17.2 Å². The maximum atomic E-state index is 14.9. The molecule has 3 aromatic rings. The lowest BCUT2D eigenvalue weighted by Gasteiger charge is -2.37. The number of alkyl carbamates (subject to hydrolysis) is 1. The minimum absolute atomic E-state index is 0.0233. The number of anilines is 2. The lowest BCUT2D eigenvalue weighted by Crippen LogP contribution is -2.48. The third-order valence-corrected chi connectivity index (χ3v) is 8.26. The first-order chi connectivity index (χ1) is 22.6. The molecule has 5 rings (SSSR count). The maximum absolute atomic E-state index is 14.9. The number of nitrogens with zero attached hydrogens (tertiary/aromatic N) is 7. The van der Waals surface area contributed by atoms with Gasteiger partial charge in [0, 0.05) is 64.0 Å². The topological polar surface area (TPSA) is 130 Å². The van der Waals surface area contributed by atoms with E-state index in [-0.39, 0.29) is 48.1 Å². The maximum Gasteiger partial charge on any atom is 0.407 e. The van der Waals surface area contributed by atoms with Gasteiger partial charge in [0.2, 0.25) is 11.8 Å². The van der Waals surface area contributed by atoms with Gasteiger partial charge in [0.15, 0.2) is 0 Å². The van der Waals surface area contributed by atoms with Crippen LogP contribution < -0.4 is 15.1 Å². The summed E-state index contributed by atoms with van der Waals surface area (Å²) < 4.78 is 66.6. The quantitative estimate of drug-likeness (QED) is 0.300. The van der Waals surface area contributed by atoms with Crippen LogP contribution in [0.1, 0.15) is 81.5 Å². The Bertz CT molecular complexity index is 1590. The number of carbonyl (C=O) groups excluding carboxylic acids is 2. The zero-order chi connectivity index (χ0) is 34.8. The normalized spacial score (nSPS) is 19.0. The first kappa shape index (κ1) is 34.8. The number of benzene rings is 1. The van der Waals surface area contributed by atoms with Crippen molar-refractivity contribution in [3.63, 3.8) is 0 Å². The Labute approximate surface area is 275 Å². The van der Waals surface area contributed by atoms with Gasteiger partial charge in [-0.3, -0.25) is 4.79 Å². The molecule has 12 nitrogen and oxygen atoms in total. The fourth-order valence-electron chi connectivity index (χ4n) is 6.03. The Balaban J connectivity index is 1.27. The molecule has 0 bridgehead atoms. The van der Waals surface area contributed by atoms with Crippen molar-refractivity contribution >= 4 is 24.0 Å². The lowest BCUT2D eigenvalue weighted by molar-refractivity contribution is 0.00557. The van der Waals surface area contributed by atoms with Gasteiger partial charge in [-0.1, -0.05) is 12.1 Å². The molecule has 2 amide bonds. The van der Waals surface area contributed by atoms with Crippen molar-refractivity contribution in [2.75, 3.05) is 42.5 Å². The minimum atomic E-state index is -3.21. The highest BCUT2D eigenvalue weighted by molar-refractivity contribution is 5.94. The number of hydrogen-bond acceptors (Lipinski definition) is 10. The van der Waals surface area contributed by atoms with Gasteiger partial charge in [-0.05, 0) is 63.8 Å². The molecule has 2 saturated heterocycles. The highest BCUT2D eigenvalue weighted by Gasteiger charge is 2.39. The fraction of sp³-hybridized carbons (Fsp3) is 0.562. The number of rotatable bonds is 9. The monoisotopic (exact) mass is 676 g/mol. The molecule has 0 spiro atoms. The molecule has 1 aromatic carbocycles. The Kier molecular flexibility index (Phi) is 10.1. The second-order valence-electron chi connectivity index (χ2n) is 13.2. The molecule has 260 valence electrons. The summed E-state index contributed by atoms with van der Waals surface area (Å²) in [6.45, 7) is 9.56. The third-order valence-electron chi connectivity index (χ3n) is 8.26. The van der Waals surface area contributed by atoms with E-state index in [0.717, 1.165) is 18.2 Å². The van der Waals surface area contributed by atoms with Gasteiger partial charge in [-0.15, -0.1) is 0 Å². The van der Waals surface area contributed by atoms with E-state index in [1.165, 1.54) is 12.4 Å². The van der Waals surface area contributed by atoms with Crippen LogP contribution >= 0.6 is 0 Å². The molecule has 2 aromatic heterocycles. The van der Waals surface area contributed by atoms with Crippen molar-refractivity contribution in [1.29, 1.82) is 0 Å². The Morgan fingerprint density at radius 2 is 1.75 bits per heavy atom. The van der Waals surface area contributed by atoms with Crippen LogP contribution in [-0.2, 0) is 10.7 Å². The van der Waals surface area contributed by atoms with E-state index >= 15 is 0 Å². The summed E-state index contributed by atoms with van der Waals surface area (Å²) in [5.74, 6) is -5.73. The second-order valence-corrected chi connectivity index (χ2v) is 13.2. The van der Waals surface area contributed by atoms with E-state index in [0.29, 0.717) is 45.8 Å². The molecule has 2 atom stereocenters. The highest BCUT2D eigenvalue weighted by Crippen LogP contribution is 2.33. The van der Waals surface area contributed by atoms with Crippen molar-refractivity contribution in [1.82, 2.24) is 30.3 Å². The number of amides is 2. The number of aromatic nitrogens is 4. The van der Waals surface area contributed by atoms with Gasteiger partial charge < -0.3 is 29.3 Å². The van der Waals surface area contributed by atoms with Gasteiger partial charge in [-0.2, -0.15) is 13.8 Å².